The van der Waals surface area contributed by atoms with Crippen LogP contribution in [0.2, 0.25) is 0 Å². The van der Waals surface area contributed by atoms with Gasteiger partial charge in [-0.15, -0.1) is 0 Å². The van der Waals surface area contributed by atoms with Gasteiger partial charge in [0.15, 0.2) is 0 Å². The van der Waals surface area contributed by atoms with E-state index in [1.165, 1.54) is 0 Å². The maximum absolute atomic E-state index is 6.34. The highest BCUT2D eigenvalue weighted by atomic mass is 16.3. The van der Waals surface area contributed by atoms with E-state index in [4.69, 9.17) is 9.40 Å². The molecule has 0 atom stereocenters. The van der Waals surface area contributed by atoms with Crippen LogP contribution in [0.1, 0.15) is 0 Å². The maximum atomic E-state index is 6.34. The minimum absolute atomic E-state index is 0.842. The molecule has 7 rings (SSSR count). The first-order chi connectivity index (χ1) is 15.9. The topological polar surface area (TPSA) is 43.9 Å². The van der Waals surface area contributed by atoms with Crippen LogP contribution in [-0.2, 0) is 0 Å². The fourth-order valence-electron chi connectivity index (χ4n) is 4.64. The molecular weight excluding hydrogens is 394 g/mol. The third kappa shape index (κ3) is 2.38. The molecule has 0 N–H and O–H groups in total. The van der Waals surface area contributed by atoms with E-state index in [9.17, 15) is 0 Å². The van der Waals surface area contributed by atoms with E-state index in [0.717, 1.165) is 61.0 Å². The Morgan fingerprint density at radius 1 is 0.625 bits per heavy atom. The summed E-state index contributed by atoms with van der Waals surface area (Å²) in [6.07, 6.45) is 1.86. The maximum Gasteiger partial charge on any atom is 0.149 e. The zero-order valence-electron chi connectivity index (χ0n) is 17.1. The highest BCUT2D eigenvalue weighted by Crippen LogP contribution is 2.38. The van der Waals surface area contributed by atoms with Crippen LogP contribution >= 0.6 is 0 Å². The second-order valence-electron chi connectivity index (χ2n) is 7.90. The lowest BCUT2D eigenvalue weighted by molar-refractivity contribution is 0.669. The summed E-state index contributed by atoms with van der Waals surface area (Å²) >= 11 is 0. The van der Waals surface area contributed by atoms with Crippen molar-refractivity contribution in [1.29, 1.82) is 0 Å². The van der Waals surface area contributed by atoms with Gasteiger partial charge in [-0.1, -0.05) is 66.7 Å². The molecule has 0 amide bonds. The summed E-state index contributed by atoms with van der Waals surface area (Å²) in [6.45, 7) is 0. The first-order valence-corrected chi connectivity index (χ1v) is 10.6. The highest BCUT2D eigenvalue weighted by molar-refractivity contribution is 6.10. The average molecular weight is 411 g/mol. The van der Waals surface area contributed by atoms with E-state index >= 15 is 0 Å². The van der Waals surface area contributed by atoms with Crippen LogP contribution in [0.3, 0.4) is 0 Å². The third-order valence-corrected chi connectivity index (χ3v) is 6.05. The lowest BCUT2D eigenvalue weighted by Gasteiger charge is -2.11. The van der Waals surface area contributed by atoms with Crippen molar-refractivity contribution in [3.8, 4) is 17.1 Å². The molecule has 3 heterocycles. The standard InChI is InChI=1S/C28H17N3O/c1-2-9-18(10-3-1)31-26-21-12-4-6-15-23(21)29-17-24(26)30-28(31)22-14-8-13-20-19-11-5-7-16-25(19)32-27(20)22/h1-17H. The number of pyridine rings is 1. The molecule has 0 radical (unpaired) electrons. The average Bonchev–Trinajstić information content (AvgIpc) is 3.43. The van der Waals surface area contributed by atoms with Gasteiger partial charge < -0.3 is 4.42 Å². The molecule has 0 aliphatic heterocycles. The van der Waals surface area contributed by atoms with Crippen LogP contribution in [0.25, 0.3) is 61.0 Å². The van der Waals surface area contributed by atoms with Crippen molar-refractivity contribution >= 4 is 43.9 Å². The Kier molecular flexibility index (Phi) is 3.52. The lowest BCUT2D eigenvalue weighted by atomic mass is 10.1. The largest absolute Gasteiger partial charge is 0.455 e. The van der Waals surface area contributed by atoms with Crippen LogP contribution in [-0.4, -0.2) is 14.5 Å². The van der Waals surface area contributed by atoms with E-state index in [-0.39, 0.29) is 0 Å². The zero-order valence-corrected chi connectivity index (χ0v) is 17.1. The van der Waals surface area contributed by atoms with Gasteiger partial charge in [0.25, 0.3) is 0 Å². The number of benzene rings is 4. The number of hydrogen-bond donors (Lipinski definition) is 0. The Bertz CT molecular complexity index is 1780. The Morgan fingerprint density at radius 3 is 2.28 bits per heavy atom. The summed E-state index contributed by atoms with van der Waals surface area (Å²) in [5.74, 6) is 0.842. The van der Waals surface area contributed by atoms with Gasteiger partial charge >= 0.3 is 0 Å². The summed E-state index contributed by atoms with van der Waals surface area (Å²) < 4.78 is 8.57. The number of nitrogens with zero attached hydrogens (tertiary/aromatic N) is 3. The summed E-state index contributed by atoms with van der Waals surface area (Å²) in [7, 11) is 0. The summed E-state index contributed by atoms with van der Waals surface area (Å²) in [6, 6.07) is 33.0. The second kappa shape index (κ2) is 6.53. The number of rotatable bonds is 2. The number of imidazole rings is 1. The molecule has 0 fully saturated rings. The molecule has 0 bridgehead atoms. The lowest BCUT2D eigenvalue weighted by Crippen LogP contribution is -1.98. The molecular formula is C28H17N3O. The number of para-hydroxylation sites is 4. The molecule has 0 aliphatic rings. The van der Waals surface area contributed by atoms with Crippen molar-refractivity contribution in [3.63, 3.8) is 0 Å². The van der Waals surface area contributed by atoms with E-state index in [2.05, 4.69) is 64.1 Å². The van der Waals surface area contributed by atoms with Crippen molar-refractivity contribution < 1.29 is 4.42 Å². The van der Waals surface area contributed by atoms with Gasteiger partial charge in [-0.2, -0.15) is 0 Å². The molecule has 3 aromatic heterocycles. The van der Waals surface area contributed by atoms with Crippen molar-refractivity contribution in [1.82, 2.24) is 14.5 Å². The molecule has 0 unspecified atom stereocenters. The van der Waals surface area contributed by atoms with E-state index < -0.39 is 0 Å². The Morgan fingerprint density at radius 2 is 1.38 bits per heavy atom. The normalized spacial score (nSPS) is 11.8. The van der Waals surface area contributed by atoms with E-state index in [1.54, 1.807) is 0 Å². The molecule has 0 spiro atoms. The molecule has 0 saturated carbocycles. The third-order valence-electron chi connectivity index (χ3n) is 6.05. The quantitative estimate of drug-likeness (QED) is 0.304. The minimum Gasteiger partial charge on any atom is -0.455 e. The molecule has 4 heteroatoms. The Hall–Kier alpha value is -4.44. The molecule has 0 aliphatic carbocycles. The summed E-state index contributed by atoms with van der Waals surface area (Å²) in [5, 5.41) is 3.27. The van der Waals surface area contributed by atoms with Crippen molar-refractivity contribution in [2.45, 2.75) is 0 Å². The van der Waals surface area contributed by atoms with Crippen LogP contribution in [0, 0.1) is 0 Å². The van der Waals surface area contributed by atoms with E-state index in [1.807, 2.05) is 48.7 Å². The zero-order chi connectivity index (χ0) is 21.1. The fraction of sp³-hybridized carbons (Fsp3) is 0. The van der Waals surface area contributed by atoms with Gasteiger partial charge in [0.1, 0.15) is 22.5 Å². The molecule has 4 aromatic carbocycles. The van der Waals surface area contributed by atoms with Crippen molar-refractivity contribution in [2.24, 2.45) is 0 Å². The first kappa shape index (κ1) is 17.3. The number of fused-ring (bicyclic) bond motifs is 6. The van der Waals surface area contributed by atoms with Gasteiger partial charge in [-0.05, 0) is 30.3 Å². The van der Waals surface area contributed by atoms with Gasteiger partial charge in [0.05, 0.1) is 22.8 Å². The van der Waals surface area contributed by atoms with Crippen LogP contribution < -0.4 is 0 Å². The molecule has 150 valence electrons. The molecule has 7 aromatic rings. The smallest absolute Gasteiger partial charge is 0.149 e. The fourth-order valence-corrected chi connectivity index (χ4v) is 4.64. The van der Waals surface area contributed by atoms with Crippen molar-refractivity contribution in [3.05, 3.63) is 103 Å². The van der Waals surface area contributed by atoms with Gasteiger partial charge in [-0.25, -0.2) is 4.98 Å². The second-order valence-corrected chi connectivity index (χ2v) is 7.90. The van der Waals surface area contributed by atoms with Gasteiger partial charge in [0.2, 0.25) is 0 Å². The number of furan rings is 1. The monoisotopic (exact) mass is 411 g/mol. The predicted molar refractivity (Wildman–Crippen MR) is 129 cm³/mol. The van der Waals surface area contributed by atoms with Crippen LogP contribution in [0.5, 0.6) is 0 Å². The SMILES string of the molecule is c1ccc(-n2c(-c3cccc4c3oc3ccccc34)nc3cnc4ccccc4c32)cc1. The first-order valence-electron chi connectivity index (χ1n) is 10.6. The van der Waals surface area contributed by atoms with Crippen molar-refractivity contribution in [2.75, 3.05) is 0 Å². The molecule has 0 saturated heterocycles. The van der Waals surface area contributed by atoms with Gasteiger partial charge in [-0.3, -0.25) is 9.55 Å². The molecule has 4 nitrogen and oxygen atoms in total. The minimum atomic E-state index is 0.842. The van der Waals surface area contributed by atoms with E-state index in [0.29, 0.717) is 0 Å². The summed E-state index contributed by atoms with van der Waals surface area (Å²) in [5.41, 5.74) is 6.59. The number of aromatic nitrogens is 3. The Balaban J connectivity index is 1.66. The van der Waals surface area contributed by atoms with Gasteiger partial charge in [0, 0.05) is 21.8 Å². The summed E-state index contributed by atoms with van der Waals surface area (Å²) in [4.78, 5) is 9.72. The Labute approximate surface area is 183 Å². The highest BCUT2D eigenvalue weighted by Gasteiger charge is 2.20. The van der Waals surface area contributed by atoms with Crippen LogP contribution in [0.4, 0.5) is 0 Å². The number of hydrogen-bond acceptors (Lipinski definition) is 3. The molecule has 32 heavy (non-hydrogen) atoms. The predicted octanol–water partition coefficient (Wildman–Crippen LogP) is 7.14. The van der Waals surface area contributed by atoms with Crippen LogP contribution in [0.15, 0.2) is 108 Å².